The summed E-state index contributed by atoms with van der Waals surface area (Å²) < 4.78 is 1.87. The van der Waals surface area contributed by atoms with Crippen LogP contribution in [0.3, 0.4) is 0 Å². The average molecular weight is 402 g/mol. The molecule has 0 unspecified atom stereocenters. The van der Waals surface area contributed by atoms with Crippen LogP contribution in [-0.4, -0.2) is 40.1 Å². The molecule has 6 heteroatoms. The first-order valence-electron chi connectivity index (χ1n) is 9.60. The molecule has 2 aromatic heterocycles. The number of ketones is 1. The molecule has 4 rings (SSSR count). The summed E-state index contributed by atoms with van der Waals surface area (Å²) in [5.41, 5.74) is 1.93. The molecule has 0 N–H and O–H groups in total. The Hall–Kier alpha value is -1.69. The molecule has 0 aliphatic carbocycles. The lowest BCUT2D eigenvalue weighted by Gasteiger charge is -2.13. The van der Waals surface area contributed by atoms with Gasteiger partial charge in [0.15, 0.2) is 5.78 Å². The zero-order valence-corrected chi connectivity index (χ0v) is 17.2. The van der Waals surface area contributed by atoms with Gasteiger partial charge in [-0.2, -0.15) is 5.10 Å². The van der Waals surface area contributed by atoms with Gasteiger partial charge in [-0.25, -0.2) is 0 Å². The van der Waals surface area contributed by atoms with Crippen molar-refractivity contribution in [1.29, 1.82) is 0 Å². The molecule has 1 aliphatic rings. The van der Waals surface area contributed by atoms with Crippen molar-refractivity contribution in [1.82, 2.24) is 14.7 Å². The van der Waals surface area contributed by atoms with E-state index in [2.05, 4.69) is 10.00 Å². The summed E-state index contributed by atoms with van der Waals surface area (Å²) in [6.07, 6.45) is 5.35. The Labute approximate surface area is 168 Å². The highest BCUT2D eigenvalue weighted by Crippen LogP contribution is 2.34. The van der Waals surface area contributed by atoms with Gasteiger partial charge in [-0.3, -0.25) is 9.48 Å². The van der Waals surface area contributed by atoms with Gasteiger partial charge in [0.1, 0.15) is 10.5 Å². The predicted molar refractivity (Wildman–Crippen MR) is 113 cm³/mol. The number of aryl methyl sites for hydroxylation is 1. The number of unbranched alkanes of at least 4 members (excludes halogenated alkanes) is 1. The number of aromatic nitrogens is 2. The van der Waals surface area contributed by atoms with Crippen molar-refractivity contribution in [3.63, 3.8) is 0 Å². The molecule has 0 radical (unpaired) electrons. The topological polar surface area (TPSA) is 38.1 Å². The van der Waals surface area contributed by atoms with Gasteiger partial charge < -0.3 is 4.90 Å². The van der Waals surface area contributed by atoms with Crippen molar-refractivity contribution >= 4 is 38.9 Å². The van der Waals surface area contributed by atoms with E-state index in [0.29, 0.717) is 11.4 Å². The van der Waals surface area contributed by atoms with Crippen molar-refractivity contribution in [3.05, 3.63) is 40.2 Å². The molecule has 1 saturated heterocycles. The lowest BCUT2D eigenvalue weighted by Crippen LogP contribution is -2.20. The van der Waals surface area contributed by atoms with Crippen molar-refractivity contribution < 1.29 is 4.79 Å². The van der Waals surface area contributed by atoms with Gasteiger partial charge in [0.2, 0.25) is 0 Å². The molecular weight excluding hydrogens is 378 g/mol. The molecule has 1 aromatic carbocycles. The summed E-state index contributed by atoms with van der Waals surface area (Å²) in [7, 11) is 1.93. The second-order valence-electron chi connectivity index (χ2n) is 7.24. The number of Topliss-reactive ketones (excluding diaryl/α,β-unsaturated/α-hetero) is 1. The minimum Gasteiger partial charge on any atom is -0.303 e. The van der Waals surface area contributed by atoms with E-state index in [9.17, 15) is 4.79 Å². The molecule has 0 atom stereocenters. The monoisotopic (exact) mass is 401 g/mol. The van der Waals surface area contributed by atoms with Crippen LogP contribution in [0.2, 0.25) is 5.02 Å². The number of hydrogen-bond acceptors (Lipinski definition) is 4. The van der Waals surface area contributed by atoms with Crippen LogP contribution in [0.4, 0.5) is 0 Å². The maximum absolute atomic E-state index is 12.7. The second kappa shape index (κ2) is 8.13. The number of rotatable bonds is 7. The Morgan fingerprint density at radius 3 is 2.67 bits per heavy atom. The maximum atomic E-state index is 12.7. The van der Waals surface area contributed by atoms with E-state index in [-0.39, 0.29) is 5.78 Å². The average Bonchev–Trinajstić information content (AvgIpc) is 3.38. The summed E-state index contributed by atoms with van der Waals surface area (Å²) in [4.78, 5) is 17.1. The van der Waals surface area contributed by atoms with E-state index in [0.717, 1.165) is 45.7 Å². The first-order valence-corrected chi connectivity index (χ1v) is 10.8. The highest BCUT2D eigenvalue weighted by atomic mass is 35.5. The van der Waals surface area contributed by atoms with Gasteiger partial charge in [0.25, 0.3) is 0 Å². The number of benzene rings is 1. The standard InChI is InChI=1S/C21H24ClN3OS/c1-24-21-17(20(23-24)15-7-9-16(22)10-8-15)14-19(27-21)18(26)6-2-3-11-25-12-4-5-13-25/h7-10,14H,2-6,11-13H2,1H3. The molecule has 142 valence electrons. The first kappa shape index (κ1) is 18.7. The van der Waals surface area contributed by atoms with Gasteiger partial charge in [-0.1, -0.05) is 23.7 Å². The fraction of sp³-hybridized carbons (Fsp3) is 0.429. The van der Waals surface area contributed by atoms with Gasteiger partial charge in [0, 0.05) is 29.4 Å². The SMILES string of the molecule is Cn1nc(-c2ccc(Cl)cc2)c2cc(C(=O)CCCCN3CCCC3)sc21. The van der Waals surface area contributed by atoms with Crippen LogP contribution in [0.25, 0.3) is 21.5 Å². The molecule has 0 bridgehead atoms. The Morgan fingerprint density at radius 2 is 1.93 bits per heavy atom. The van der Waals surface area contributed by atoms with Crippen LogP contribution < -0.4 is 0 Å². The van der Waals surface area contributed by atoms with Crippen LogP contribution in [0.1, 0.15) is 41.8 Å². The van der Waals surface area contributed by atoms with Crippen LogP contribution in [0, 0.1) is 0 Å². The summed E-state index contributed by atoms with van der Waals surface area (Å²) in [5, 5.41) is 6.39. The lowest BCUT2D eigenvalue weighted by molar-refractivity contribution is 0.0982. The summed E-state index contributed by atoms with van der Waals surface area (Å²) in [6, 6.07) is 9.70. The van der Waals surface area contributed by atoms with Crippen molar-refractivity contribution in [2.45, 2.75) is 32.1 Å². The Bertz CT molecular complexity index is 938. The predicted octanol–water partition coefficient (Wildman–Crippen LogP) is 5.40. The van der Waals surface area contributed by atoms with Gasteiger partial charge in [-0.05, 0) is 63.5 Å². The zero-order chi connectivity index (χ0) is 18.8. The number of nitrogens with zero attached hydrogens (tertiary/aromatic N) is 3. The molecule has 0 spiro atoms. The smallest absolute Gasteiger partial charge is 0.172 e. The third-order valence-electron chi connectivity index (χ3n) is 5.23. The van der Waals surface area contributed by atoms with Gasteiger partial charge in [-0.15, -0.1) is 11.3 Å². The second-order valence-corrected chi connectivity index (χ2v) is 8.70. The van der Waals surface area contributed by atoms with E-state index in [1.807, 2.05) is 42.1 Å². The van der Waals surface area contributed by atoms with Gasteiger partial charge >= 0.3 is 0 Å². The molecule has 1 fully saturated rings. The van der Waals surface area contributed by atoms with Gasteiger partial charge in [0.05, 0.1) is 4.88 Å². The van der Waals surface area contributed by atoms with Crippen molar-refractivity contribution in [2.75, 3.05) is 19.6 Å². The van der Waals surface area contributed by atoms with E-state index >= 15 is 0 Å². The van der Waals surface area contributed by atoms with Crippen LogP contribution in [0.15, 0.2) is 30.3 Å². The molecule has 3 aromatic rings. The van der Waals surface area contributed by atoms with Crippen molar-refractivity contribution in [2.24, 2.45) is 7.05 Å². The number of fused-ring (bicyclic) bond motifs is 1. The number of hydrogen-bond donors (Lipinski definition) is 0. The fourth-order valence-electron chi connectivity index (χ4n) is 3.75. The maximum Gasteiger partial charge on any atom is 0.172 e. The number of halogens is 1. The molecule has 4 nitrogen and oxygen atoms in total. The largest absolute Gasteiger partial charge is 0.303 e. The van der Waals surface area contributed by atoms with Crippen LogP contribution in [0.5, 0.6) is 0 Å². The number of likely N-dealkylation sites (tertiary alicyclic amines) is 1. The molecule has 1 aliphatic heterocycles. The lowest BCUT2D eigenvalue weighted by atomic mass is 10.1. The van der Waals surface area contributed by atoms with E-state index in [1.165, 1.54) is 25.9 Å². The zero-order valence-electron chi connectivity index (χ0n) is 15.6. The summed E-state index contributed by atoms with van der Waals surface area (Å²) in [5.74, 6) is 0.250. The third-order valence-corrected chi connectivity index (χ3v) is 6.73. The minimum atomic E-state index is 0.250. The third kappa shape index (κ3) is 4.10. The fourth-order valence-corrected chi connectivity index (χ4v) is 4.91. The highest BCUT2D eigenvalue weighted by Gasteiger charge is 2.18. The molecule has 27 heavy (non-hydrogen) atoms. The van der Waals surface area contributed by atoms with Crippen LogP contribution in [-0.2, 0) is 7.05 Å². The molecular formula is C21H24ClN3OS. The number of carbonyl (C=O) groups excluding carboxylic acids is 1. The Balaban J connectivity index is 1.45. The first-order chi connectivity index (χ1) is 13.1. The van der Waals surface area contributed by atoms with E-state index in [1.54, 1.807) is 11.3 Å². The quantitative estimate of drug-likeness (QED) is 0.392. The Kier molecular flexibility index (Phi) is 5.62. The summed E-state index contributed by atoms with van der Waals surface area (Å²) in [6.45, 7) is 3.58. The Morgan fingerprint density at radius 1 is 1.19 bits per heavy atom. The molecule has 3 heterocycles. The molecule has 0 amide bonds. The van der Waals surface area contributed by atoms with E-state index in [4.69, 9.17) is 11.6 Å². The van der Waals surface area contributed by atoms with Crippen molar-refractivity contribution in [3.8, 4) is 11.3 Å². The van der Waals surface area contributed by atoms with E-state index < -0.39 is 0 Å². The summed E-state index contributed by atoms with van der Waals surface area (Å²) >= 11 is 7.55. The minimum absolute atomic E-state index is 0.250. The number of thiophene rings is 1. The molecule has 0 saturated carbocycles. The normalized spacial score (nSPS) is 15.0. The number of carbonyl (C=O) groups is 1. The highest BCUT2D eigenvalue weighted by molar-refractivity contribution is 7.20. The van der Waals surface area contributed by atoms with Crippen LogP contribution >= 0.6 is 22.9 Å².